The number of pyridine rings is 4. The SMILES string of the molecule is CCCCCCc1sc2c(CCCCCC)c(-c3ccnc(-c4cc(C(F)(F)F)n[n-]4)c3)sc2c1CCCCCC.O=C(O)c1ccnc(-c2cccc(-c3ccccn3)n2)c1.[N-]=C=S.[Ru+2]. The van der Waals surface area contributed by atoms with Crippen LogP contribution in [0.3, 0.4) is 0 Å². The summed E-state index contributed by atoms with van der Waals surface area (Å²) < 4.78 is 42.4. The number of alkyl halides is 3. The van der Waals surface area contributed by atoms with Crippen molar-refractivity contribution in [2.75, 3.05) is 0 Å². The van der Waals surface area contributed by atoms with Gasteiger partial charge in [0, 0.05) is 37.7 Å². The molecule has 0 radical (unpaired) electrons. The van der Waals surface area contributed by atoms with Crippen LogP contribution >= 0.6 is 34.9 Å². The summed E-state index contributed by atoms with van der Waals surface area (Å²) >= 11 is 7.58. The predicted octanol–water partition coefficient (Wildman–Crippen LogP) is 15.0. The van der Waals surface area contributed by atoms with E-state index >= 15 is 0 Å². The number of thiocarbonyl (C=S) groups is 1. The van der Waals surface area contributed by atoms with Crippen LogP contribution in [0.1, 0.15) is 130 Å². The number of fused-ring (bicyclic) bond motifs is 1. The Bertz CT molecular complexity index is 2610. The van der Waals surface area contributed by atoms with E-state index in [0.717, 1.165) is 48.7 Å². The Kier molecular flexibility index (Phi) is 22.6. The van der Waals surface area contributed by atoms with Gasteiger partial charge in [-0.15, -0.1) is 22.7 Å². The fraction of sp³-hybridized carbons (Fsp3) is 0.380. The summed E-state index contributed by atoms with van der Waals surface area (Å²) in [6.45, 7) is 6.75. The number of carboxylic acid groups (broad SMARTS) is 1. The molecule has 0 amide bonds. The number of hydrogen-bond acceptors (Lipinski definition) is 9. The van der Waals surface area contributed by atoms with Crippen LogP contribution < -0.4 is 5.10 Å². The topological polar surface area (TPSA) is 138 Å². The summed E-state index contributed by atoms with van der Waals surface area (Å²) in [5.74, 6) is -0.987. The van der Waals surface area contributed by atoms with Gasteiger partial charge in [-0.2, -0.15) is 18.3 Å². The van der Waals surface area contributed by atoms with Gasteiger partial charge in [-0.25, -0.2) is 9.78 Å². The molecule has 7 rings (SSSR count). The smallest absolute Gasteiger partial charge is 0.753 e. The van der Waals surface area contributed by atoms with Gasteiger partial charge < -0.3 is 20.7 Å². The maximum Gasteiger partial charge on any atom is 2.00 e. The molecule has 1 N–H and O–H groups in total. The van der Waals surface area contributed by atoms with E-state index in [2.05, 4.69) is 63.1 Å². The molecule has 0 fully saturated rings. The van der Waals surface area contributed by atoms with E-state index in [-0.39, 0.29) is 30.7 Å². The zero-order valence-corrected chi connectivity index (χ0v) is 41.6. The third-order valence-electron chi connectivity index (χ3n) is 10.7. The first-order valence-electron chi connectivity index (χ1n) is 22.2. The third kappa shape index (κ3) is 15.4. The molecule has 0 aliphatic heterocycles. The van der Waals surface area contributed by atoms with E-state index in [0.29, 0.717) is 17.1 Å². The van der Waals surface area contributed by atoms with Crippen LogP contribution in [0.15, 0.2) is 85.3 Å². The van der Waals surface area contributed by atoms with Gasteiger partial charge >= 0.3 is 31.6 Å². The Morgan fingerprint density at radius 1 is 0.697 bits per heavy atom. The van der Waals surface area contributed by atoms with Gasteiger partial charge in [0.15, 0.2) is 0 Å². The second-order valence-electron chi connectivity index (χ2n) is 15.5. The fourth-order valence-corrected chi connectivity index (χ4v) is 10.4. The summed E-state index contributed by atoms with van der Waals surface area (Å²) in [4.78, 5) is 31.1. The number of carbonyl (C=O) groups is 1. The zero-order valence-electron chi connectivity index (χ0n) is 37.4. The second kappa shape index (κ2) is 27.7. The number of rotatable bonds is 20. The standard InChI is InChI=1S/C33H43F3N3S2.C16H11N3O2.CNS.Ru/c1-4-7-10-13-16-24-28(18-15-12-9-6-3)40-32-25(17-14-11-8-5-2)30(41-31(24)32)23-19-20-37-26(21-23)27-22-29(39-38-27)33(34,35)36;20-16(21)11-7-9-18-15(10-11)14-6-3-5-13(19-14)12-4-1-2-8-17-12;2-1-3;/h19-22H,4-18H2,1-3H3;1-10H,(H,20,21);;/q-1;;-1;+2. The molecule has 16 heteroatoms. The van der Waals surface area contributed by atoms with Crippen LogP contribution in [0.4, 0.5) is 13.2 Å². The molecule has 0 atom stereocenters. The summed E-state index contributed by atoms with van der Waals surface area (Å²) in [5, 5.41) is 24.7. The molecule has 0 unspecified atom stereocenters. The fourth-order valence-electron chi connectivity index (χ4n) is 7.36. The molecule has 0 spiro atoms. The molecule has 0 saturated carbocycles. The van der Waals surface area contributed by atoms with Crippen molar-refractivity contribution < 1.29 is 42.6 Å². The minimum atomic E-state index is -4.52. The number of aryl methyl sites for hydroxylation is 3. The van der Waals surface area contributed by atoms with Crippen molar-refractivity contribution in [3.05, 3.63) is 118 Å². The maximum atomic E-state index is 13.2. The van der Waals surface area contributed by atoms with Gasteiger partial charge in [-0.05, 0) is 110 Å². The van der Waals surface area contributed by atoms with E-state index in [9.17, 15) is 18.0 Å². The molecule has 7 aromatic rings. The summed E-state index contributed by atoms with van der Waals surface area (Å²) in [5.41, 5.74) is 6.36. The number of aromatic nitrogens is 6. The summed E-state index contributed by atoms with van der Waals surface area (Å²) in [7, 11) is 0. The zero-order chi connectivity index (χ0) is 46.6. The Balaban J connectivity index is 0.000000318. The summed E-state index contributed by atoms with van der Waals surface area (Å²) in [6.07, 6.45) is 18.5. The maximum absolute atomic E-state index is 13.2. The Hall–Kier alpha value is -4.85. The van der Waals surface area contributed by atoms with Crippen LogP contribution in [0.5, 0.6) is 0 Å². The van der Waals surface area contributed by atoms with Gasteiger partial charge in [-0.3, -0.25) is 15.0 Å². The van der Waals surface area contributed by atoms with Gasteiger partial charge in [-0.1, -0.05) is 109 Å². The van der Waals surface area contributed by atoms with Crippen molar-refractivity contribution in [3.8, 4) is 44.6 Å². The van der Waals surface area contributed by atoms with E-state index in [4.69, 9.17) is 10.5 Å². The largest absolute Gasteiger partial charge is 2.00 e. The molecule has 7 heterocycles. The molecular weight excluding hydrogens is 985 g/mol. The molecular formula is C50H54F3N7O2RuS3. The number of aromatic carboxylic acids is 1. The molecule has 66 heavy (non-hydrogen) atoms. The van der Waals surface area contributed by atoms with Crippen molar-refractivity contribution in [1.82, 2.24) is 30.1 Å². The van der Waals surface area contributed by atoms with Crippen molar-refractivity contribution in [2.24, 2.45) is 0 Å². The van der Waals surface area contributed by atoms with E-state index in [1.54, 1.807) is 28.9 Å². The second-order valence-corrected chi connectivity index (χ2v) is 17.8. The van der Waals surface area contributed by atoms with Crippen molar-refractivity contribution in [1.29, 1.82) is 0 Å². The van der Waals surface area contributed by atoms with E-state index < -0.39 is 17.8 Å². The van der Waals surface area contributed by atoms with Gasteiger partial charge in [0.05, 0.1) is 34.0 Å². The Morgan fingerprint density at radius 3 is 1.88 bits per heavy atom. The van der Waals surface area contributed by atoms with Crippen LogP contribution in [0.2, 0.25) is 0 Å². The van der Waals surface area contributed by atoms with Crippen molar-refractivity contribution in [3.63, 3.8) is 0 Å². The van der Waals surface area contributed by atoms with Gasteiger partial charge in [0.1, 0.15) is 5.69 Å². The quantitative estimate of drug-likeness (QED) is 0.0342. The monoisotopic (exact) mass is 1040 g/mol. The van der Waals surface area contributed by atoms with Crippen LogP contribution in [0.25, 0.3) is 59.4 Å². The van der Waals surface area contributed by atoms with Crippen molar-refractivity contribution >= 4 is 55.4 Å². The summed E-state index contributed by atoms with van der Waals surface area (Å²) in [6, 6.07) is 18.9. The first-order valence-corrected chi connectivity index (χ1v) is 24.3. The third-order valence-corrected chi connectivity index (χ3v) is 13.5. The number of unbranched alkanes of at least 4 members (excludes halogenated alkanes) is 9. The minimum absolute atomic E-state index is 0. The molecule has 0 aliphatic rings. The number of isothiocyanates is 1. The van der Waals surface area contributed by atoms with Crippen LogP contribution in [0, 0.1) is 0 Å². The average molecular weight is 1040 g/mol. The molecule has 0 bridgehead atoms. The molecule has 0 saturated heterocycles. The predicted molar refractivity (Wildman–Crippen MR) is 262 cm³/mol. The molecule has 0 aliphatic carbocycles. The van der Waals surface area contributed by atoms with Crippen molar-refractivity contribution in [2.45, 2.75) is 123 Å². The molecule has 348 valence electrons. The number of hydrogen-bond donors (Lipinski definition) is 1. The first-order chi connectivity index (χ1) is 31.5. The molecule has 0 aromatic carbocycles. The molecule has 7 aromatic heterocycles. The minimum Gasteiger partial charge on any atom is -0.753 e. The molecule has 9 nitrogen and oxygen atoms in total. The van der Waals surface area contributed by atoms with Crippen LogP contribution in [-0.4, -0.2) is 41.3 Å². The normalized spacial score (nSPS) is 10.9. The number of carboxylic acids is 1. The average Bonchev–Trinajstić information content (AvgIpc) is 4.05. The Labute approximate surface area is 411 Å². The number of halogens is 3. The number of thiophene rings is 2. The Morgan fingerprint density at radius 2 is 1.27 bits per heavy atom. The van der Waals surface area contributed by atoms with Gasteiger partial charge in [0.25, 0.3) is 0 Å². The number of nitrogens with zero attached hydrogens (tertiary/aromatic N) is 7. The van der Waals surface area contributed by atoms with E-state index in [1.807, 2.05) is 65.1 Å². The first kappa shape index (κ1) is 53.8. The van der Waals surface area contributed by atoms with Crippen LogP contribution in [-0.2, 0) is 44.9 Å². The van der Waals surface area contributed by atoms with E-state index in [1.165, 1.54) is 114 Å². The van der Waals surface area contributed by atoms with Gasteiger partial charge in [0.2, 0.25) is 0 Å².